The molecule has 2 fully saturated rings. The molecule has 2 N–H and O–H groups in total. The lowest BCUT2D eigenvalue weighted by Gasteiger charge is -2.28. The number of rotatable bonds is 5. The van der Waals surface area contributed by atoms with Crippen molar-refractivity contribution in [1.82, 2.24) is 15.3 Å². The number of benzene rings is 1. The number of aliphatic hydroxyl groups excluding tert-OH is 1. The van der Waals surface area contributed by atoms with E-state index in [1.165, 1.54) is 13.2 Å². The van der Waals surface area contributed by atoms with Gasteiger partial charge in [-0.15, -0.1) is 0 Å². The van der Waals surface area contributed by atoms with Gasteiger partial charge in [-0.05, 0) is 30.7 Å². The van der Waals surface area contributed by atoms with Crippen LogP contribution in [0.4, 0.5) is 15.9 Å². The van der Waals surface area contributed by atoms with Crippen molar-refractivity contribution in [3.63, 3.8) is 0 Å². The van der Waals surface area contributed by atoms with Gasteiger partial charge in [-0.1, -0.05) is 0 Å². The van der Waals surface area contributed by atoms with Gasteiger partial charge < -0.3 is 25.0 Å². The summed E-state index contributed by atoms with van der Waals surface area (Å²) in [4.78, 5) is 14.0. The maximum Gasteiger partial charge on any atom is 0.165 e. The highest BCUT2D eigenvalue weighted by molar-refractivity contribution is 5.95. The maximum absolute atomic E-state index is 14.5. The van der Waals surface area contributed by atoms with E-state index in [0.29, 0.717) is 5.52 Å². The first kappa shape index (κ1) is 20.9. The lowest BCUT2D eigenvalue weighted by Crippen LogP contribution is -2.43. The Morgan fingerprint density at radius 1 is 1.16 bits per heavy atom. The number of nitrogens with zero attached hydrogens (tertiary/aromatic N) is 4. The largest absolute Gasteiger partial charge is 0.494 e. The van der Waals surface area contributed by atoms with E-state index >= 15 is 0 Å². The average Bonchev–Trinajstić information content (AvgIpc) is 3.33. The van der Waals surface area contributed by atoms with Crippen molar-refractivity contribution in [2.24, 2.45) is 5.92 Å². The number of aromatic nitrogens is 2. The maximum atomic E-state index is 14.5. The molecule has 7 nitrogen and oxygen atoms in total. The Morgan fingerprint density at radius 3 is 2.69 bits per heavy atom. The highest BCUT2D eigenvalue weighted by Gasteiger charge is 2.25. The topological polar surface area (TPSA) is 73.8 Å². The molecule has 1 unspecified atom stereocenters. The van der Waals surface area contributed by atoms with Crippen molar-refractivity contribution in [2.45, 2.75) is 6.42 Å². The van der Waals surface area contributed by atoms with Crippen LogP contribution in [0.5, 0.6) is 5.75 Å². The number of halogens is 1. The van der Waals surface area contributed by atoms with E-state index in [-0.39, 0.29) is 18.3 Å². The number of fused-ring (bicyclic) bond motifs is 1. The summed E-state index contributed by atoms with van der Waals surface area (Å²) in [6, 6.07) is 9.24. The number of hydrogen-bond acceptors (Lipinski definition) is 7. The van der Waals surface area contributed by atoms with Crippen LogP contribution in [0.15, 0.2) is 36.5 Å². The van der Waals surface area contributed by atoms with Crippen molar-refractivity contribution in [2.75, 3.05) is 62.8 Å². The zero-order valence-corrected chi connectivity index (χ0v) is 18.2. The van der Waals surface area contributed by atoms with Gasteiger partial charge in [-0.3, -0.25) is 0 Å². The fourth-order valence-electron chi connectivity index (χ4n) is 4.59. The number of nitrogens with one attached hydrogen (secondary N) is 1. The molecule has 2 aromatic heterocycles. The van der Waals surface area contributed by atoms with Gasteiger partial charge in [0.15, 0.2) is 11.6 Å². The Labute approximate surface area is 186 Å². The summed E-state index contributed by atoms with van der Waals surface area (Å²) in [6.45, 7) is 5.52. The molecule has 168 valence electrons. The normalized spacial score (nSPS) is 19.0. The third kappa shape index (κ3) is 3.96. The van der Waals surface area contributed by atoms with Gasteiger partial charge in [0.2, 0.25) is 0 Å². The molecule has 2 aliphatic rings. The number of methoxy groups -OCH3 is 1. The molecule has 1 atom stereocenters. The van der Waals surface area contributed by atoms with Crippen molar-refractivity contribution in [3.05, 3.63) is 42.3 Å². The molecule has 4 heterocycles. The quantitative estimate of drug-likeness (QED) is 0.636. The van der Waals surface area contributed by atoms with Crippen molar-refractivity contribution in [3.8, 4) is 17.0 Å². The molecule has 2 saturated heterocycles. The van der Waals surface area contributed by atoms with Gasteiger partial charge >= 0.3 is 0 Å². The third-order valence-corrected chi connectivity index (χ3v) is 6.43. The van der Waals surface area contributed by atoms with Gasteiger partial charge in [0, 0.05) is 80.7 Å². The van der Waals surface area contributed by atoms with Gasteiger partial charge in [0.25, 0.3) is 0 Å². The van der Waals surface area contributed by atoms with Gasteiger partial charge in [0.05, 0.1) is 18.3 Å². The highest BCUT2D eigenvalue weighted by atomic mass is 19.1. The zero-order chi connectivity index (χ0) is 22.1. The second-order valence-corrected chi connectivity index (χ2v) is 8.46. The van der Waals surface area contributed by atoms with Crippen molar-refractivity contribution >= 4 is 22.4 Å². The van der Waals surface area contributed by atoms with Gasteiger partial charge in [-0.2, -0.15) is 0 Å². The molecule has 2 aliphatic heterocycles. The van der Waals surface area contributed by atoms with Crippen LogP contribution in [-0.4, -0.2) is 68.1 Å². The second-order valence-electron chi connectivity index (χ2n) is 8.46. The van der Waals surface area contributed by atoms with E-state index in [0.717, 1.165) is 73.8 Å². The number of hydrogen-bond donors (Lipinski definition) is 2. The van der Waals surface area contributed by atoms with Crippen LogP contribution in [0.2, 0.25) is 0 Å². The van der Waals surface area contributed by atoms with Crippen LogP contribution in [-0.2, 0) is 0 Å². The Morgan fingerprint density at radius 2 is 2.00 bits per heavy atom. The predicted octanol–water partition coefficient (Wildman–Crippen LogP) is 2.67. The molecular weight excluding hydrogens is 409 g/mol. The monoisotopic (exact) mass is 437 g/mol. The van der Waals surface area contributed by atoms with Crippen LogP contribution in [0, 0.1) is 11.7 Å². The first-order valence-corrected chi connectivity index (χ1v) is 11.1. The molecule has 1 aromatic carbocycles. The highest BCUT2D eigenvalue weighted by Crippen LogP contribution is 2.36. The predicted molar refractivity (Wildman–Crippen MR) is 124 cm³/mol. The smallest absolute Gasteiger partial charge is 0.165 e. The average molecular weight is 438 g/mol. The van der Waals surface area contributed by atoms with E-state index in [1.54, 1.807) is 6.07 Å². The minimum absolute atomic E-state index is 0.159. The molecule has 32 heavy (non-hydrogen) atoms. The number of ether oxygens (including phenoxy) is 1. The summed E-state index contributed by atoms with van der Waals surface area (Å²) in [7, 11) is 1.46. The van der Waals surface area contributed by atoms with Crippen LogP contribution in [0.3, 0.4) is 0 Å². The minimum Gasteiger partial charge on any atom is -0.494 e. The first-order chi connectivity index (χ1) is 15.7. The number of piperazine rings is 1. The van der Waals surface area contributed by atoms with E-state index in [4.69, 9.17) is 9.72 Å². The molecule has 5 rings (SSSR count). The molecule has 0 aliphatic carbocycles. The fraction of sp³-hybridized carbons (Fsp3) is 0.417. The van der Waals surface area contributed by atoms with E-state index in [2.05, 4.69) is 20.1 Å². The Balaban J connectivity index is 1.56. The molecule has 3 aromatic rings. The lowest BCUT2D eigenvalue weighted by molar-refractivity contribution is 0.238. The molecule has 0 bridgehead atoms. The van der Waals surface area contributed by atoms with Crippen LogP contribution in [0.25, 0.3) is 22.2 Å². The standard InChI is InChI=1S/C24H28FN5O2/c1-32-23-12-21-18(10-19(23)25)22(30-7-4-16(14-30)15-31)11-20(28-21)17-2-3-24(27-13-17)29-8-5-26-6-9-29/h2-3,10-13,16,26,31H,4-9,14-15H2,1H3. The Bertz CT molecular complexity index is 1100. The van der Waals surface area contributed by atoms with Gasteiger partial charge in [-0.25, -0.2) is 14.4 Å². The minimum atomic E-state index is -0.407. The molecule has 8 heteroatoms. The molecule has 0 radical (unpaired) electrons. The Hall–Kier alpha value is -2.97. The SMILES string of the molecule is COc1cc2nc(-c3ccc(N4CCNCC4)nc3)cc(N3CCC(CO)C3)c2cc1F. The van der Waals surface area contributed by atoms with Gasteiger partial charge in [0.1, 0.15) is 5.82 Å². The fourth-order valence-corrected chi connectivity index (χ4v) is 4.59. The molecule has 0 saturated carbocycles. The summed E-state index contributed by atoms with van der Waals surface area (Å²) in [5, 5.41) is 13.7. The molecule has 0 spiro atoms. The number of pyridine rings is 2. The van der Waals surface area contributed by atoms with Crippen LogP contribution >= 0.6 is 0 Å². The number of anilines is 2. The van der Waals surface area contributed by atoms with E-state index in [1.807, 2.05) is 24.4 Å². The van der Waals surface area contributed by atoms with Crippen molar-refractivity contribution < 1.29 is 14.2 Å². The summed E-state index contributed by atoms with van der Waals surface area (Å²) >= 11 is 0. The Kier molecular flexibility index (Phi) is 5.80. The zero-order valence-electron chi connectivity index (χ0n) is 18.2. The third-order valence-electron chi connectivity index (χ3n) is 6.43. The second kappa shape index (κ2) is 8.88. The van der Waals surface area contributed by atoms with Crippen molar-refractivity contribution in [1.29, 1.82) is 0 Å². The molecular formula is C24H28FN5O2. The summed E-state index contributed by atoms with van der Waals surface area (Å²) in [6.07, 6.45) is 2.77. The summed E-state index contributed by atoms with van der Waals surface area (Å²) in [5.41, 5.74) is 3.30. The summed E-state index contributed by atoms with van der Waals surface area (Å²) < 4.78 is 19.7. The number of aliphatic hydroxyl groups is 1. The van der Waals surface area contributed by atoms with Crippen LogP contribution in [0.1, 0.15) is 6.42 Å². The summed E-state index contributed by atoms with van der Waals surface area (Å²) in [5.74, 6) is 0.959. The molecule has 0 amide bonds. The lowest BCUT2D eigenvalue weighted by atomic mass is 10.1. The van der Waals surface area contributed by atoms with E-state index in [9.17, 15) is 9.50 Å². The van der Waals surface area contributed by atoms with E-state index < -0.39 is 5.82 Å². The first-order valence-electron chi connectivity index (χ1n) is 11.1. The van der Waals surface area contributed by atoms with Crippen LogP contribution < -0.4 is 19.9 Å².